The van der Waals surface area contributed by atoms with Crippen molar-refractivity contribution >= 4 is 11.9 Å². The van der Waals surface area contributed by atoms with Gasteiger partial charge in [0, 0.05) is 6.92 Å². The first-order chi connectivity index (χ1) is 6.63. The van der Waals surface area contributed by atoms with Gasteiger partial charge >= 0.3 is 12.0 Å². The molecule has 0 fully saturated rings. The first-order valence-corrected chi connectivity index (χ1v) is 3.57. The number of rotatable bonds is 3. The SMILES string of the molecule is CC(=O)Oc1nnnn1CC(=O)NN. The Balaban J connectivity index is 2.72. The van der Waals surface area contributed by atoms with Crippen molar-refractivity contribution < 1.29 is 14.3 Å². The van der Waals surface area contributed by atoms with Crippen molar-refractivity contribution in [3.63, 3.8) is 0 Å². The van der Waals surface area contributed by atoms with E-state index in [4.69, 9.17) is 5.84 Å². The molecule has 0 saturated carbocycles. The molecule has 0 aliphatic heterocycles. The first-order valence-electron chi connectivity index (χ1n) is 3.57. The normalized spacial score (nSPS) is 9.57. The molecule has 14 heavy (non-hydrogen) atoms. The number of nitrogens with one attached hydrogen (secondary N) is 1. The molecule has 0 aliphatic rings. The van der Waals surface area contributed by atoms with Gasteiger partial charge in [0.05, 0.1) is 0 Å². The molecule has 9 nitrogen and oxygen atoms in total. The minimum atomic E-state index is -0.575. The number of amides is 1. The Morgan fingerprint density at radius 1 is 1.64 bits per heavy atom. The van der Waals surface area contributed by atoms with Crippen molar-refractivity contribution in [1.82, 2.24) is 25.6 Å². The average molecular weight is 200 g/mol. The number of esters is 1. The lowest BCUT2D eigenvalue weighted by molar-refractivity contribution is -0.133. The zero-order valence-corrected chi connectivity index (χ0v) is 7.30. The maximum atomic E-state index is 10.8. The molecule has 0 atom stereocenters. The Bertz CT molecular complexity index is 347. The quantitative estimate of drug-likeness (QED) is 0.241. The van der Waals surface area contributed by atoms with Crippen LogP contribution in [-0.2, 0) is 16.1 Å². The lowest BCUT2D eigenvalue weighted by Gasteiger charge is -2.01. The van der Waals surface area contributed by atoms with Crippen LogP contribution >= 0.6 is 0 Å². The molecule has 0 saturated heterocycles. The van der Waals surface area contributed by atoms with E-state index >= 15 is 0 Å². The molecule has 76 valence electrons. The summed E-state index contributed by atoms with van der Waals surface area (Å²) in [6.07, 6.45) is 0. The van der Waals surface area contributed by atoms with Crippen molar-refractivity contribution in [2.45, 2.75) is 13.5 Å². The van der Waals surface area contributed by atoms with Crippen molar-refractivity contribution in [3.8, 4) is 6.01 Å². The first kappa shape index (κ1) is 10.1. The van der Waals surface area contributed by atoms with Crippen LogP contribution in [0.2, 0.25) is 0 Å². The zero-order chi connectivity index (χ0) is 10.6. The Kier molecular flexibility index (Phi) is 3.07. The number of carbonyl (C=O) groups is 2. The highest BCUT2D eigenvalue weighted by Gasteiger charge is 2.12. The van der Waals surface area contributed by atoms with Crippen molar-refractivity contribution in [2.24, 2.45) is 5.84 Å². The van der Waals surface area contributed by atoms with Gasteiger partial charge in [-0.2, -0.15) is 4.68 Å². The van der Waals surface area contributed by atoms with E-state index in [-0.39, 0.29) is 12.6 Å². The second kappa shape index (κ2) is 4.28. The summed E-state index contributed by atoms with van der Waals surface area (Å²) in [4.78, 5) is 21.4. The fraction of sp³-hybridized carbons (Fsp3) is 0.400. The number of ether oxygens (including phenoxy) is 1. The Labute approximate surface area is 78.2 Å². The molecule has 3 N–H and O–H groups in total. The van der Waals surface area contributed by atoms with Gasteiger partial charge in [-0.1, -0.05) is 5.10 Å². The molecule has 1 aromatic rings. The third kappa shape index (κ3) is 2.48. The Morgan fingerprint density at radius 3 is 2.93 bits per heavy atom. The summed E-state index contributed by atoms with van der Waals surface area (Å²) in [5, 5.41) is 10.0. The molecule has 1 rings (SSSR count). The molecule has 0 aliphatic carbocycles. The molecule has 1 aromatic heterocycles. The maximum Gasteiger partial charge on any atom is 0.343 e. The second-order valence-corrected chi connectivity index (χ2v) is 2.28. The van der Waals surface area contributed by atoms with Crippen LogP contribution in [-0.4, -0.2) is 32.1 Å². The minimum Gasteiger partial charge on any atom is -0.390 e. The van der Waals surface area contributed by atoms with Gasteiger partial charge in [0.15, 0.2) is 0 Å². The van der Waals surface area contributed by atoms with Crippen molar-refractivity contribution in [1.29, 1.82) is 0 Å². The van der Waals surface area contributed by atoms with Crippen LogP contribution in [0.4, 0.5) is 0 Å². The number of carbonyl (C=O) groups excluding carboxylic acids is 2. The Hall–Kier alpha value is -2.03. The number of hydrogen-bond acceptors (Lipinski definition) is 7. The van der Waals surface area contributed by atoms with Gasteiger partial charge < -0.3 is 4.74 Å². The van der Waals surface area contributed by atoms with Crippen LogP contribution in [0.1, 0.15) is 6.92 Å². The van der Waals surface area contributed by atoms with Crippen LogP contribution in [0.25, 0.3) is 0 Å². The molecule has 9 heteroatoms. The summed E-state index contributed by atoms with van der Waals surface area (Å²) in [5.74, 6) is 3.77. The van der Waals surface area contributed by atoms with Gasteiger partial charge in [-0.25, -0.2) is 5.84 Å². The zero-order valence-electron chi connectivity index (χ0n) is 7.30. The third-order valence-corrected chi connectivity index (χ3v) is 1.19. The van der Waals surface area contributed by atoms with Crippen LogP contribution in [0.5, 0.6) is 6.01 Å². The maximum absolute atomic E-state index is 10.8. The van der Waals surface area contributed by atoms with Crippen molar-refractivity contribution in [3.05, 3.63) is 0 Å². The fourth-order valence-corrected chi connectivity index (χ4v) is 0.679. The van der Waals surface area contributed by atoms with Crippen LogP contribution in [0.15, 0.2) is 0 Å². The van der Waals surface area contributed by atoms with Gasteiger partial charge in [-0.05, 0) is 10.4 Å². The standard InChI is InChI=1S/C5H8N6O3/c1-3(12)14-5-8-9-10-11(5)2-4(13)7-6/h2,6H2,1H3,(H,7,13). The highest BCUT2D eigenvalue weighted by atomic mass is 16.6. The molecule has 0 aromatic carbocycles. The largest absolute Gasteiger partial charge is 0.390 e. The van der Waals surface area contributed by atoms with E-state index in [1.54, 1.807) is 0 Å². The predicted octanol–water partition coefficient (Wildman–Crippen LogP) is -2.41. The van der Waals surface area contributed by atoms with Crippen LogP contribution < -0.4 is 16.0 Å². The molecule has 1 amide bonds. The monoisotopic (exact) mass is 200 g/mol. The number of hydrogen-bond donors (Lipinski definition) is 2. The molecular formula is C5H8N6O3. The van der Waals surface area contributed by atoms with E-state index in [0.29, 0.717) is 0 Å². The summed E-state index contributed by atoms with van der Waals surface area (Å²) < 4.78 is 5.60. The summed E-state index contributed by atoms with van der Waals surface area (Å²) in [6.45, 7) is 0.980. The Morgan fingerprint density at radius 2 is 2.36 bits per heavy atom. The molecular weight excluding hydrogens is 192 g/mol. The van der Waals surface area contributed by atoms with E-state index in [0.717, 1.165) is 4.68 Å². The van der Waals surface area contributed by atoms with Crippen LogP contribution in [0.3, 0.4) is 0 Å². The van der Waals surface area contributed by atoms with E-state index in [1.807, 2.05) is 5.43 Å². The number of hydrazine groups is 1. The number of tetrazole rings is 1. The van der Waals surface area contributed by atoms with E-state index in [1.165, 1.54) is 6.92 Å². The topological polar surface area (TPSA) is 125 Å². The molecule has 0 bridgehead atoms. The molecule has 0 radical (unpaired) electrons. The highest BCUT2D eigenvalue weighted by molar-refractivity contribution is 5.75. The average Bonchev–Trinajstić information content (AvgIpc) is 2.52. The van der Waals surface area contributed by atoms with E-state index in [9.17, 15) is 9.59 Å². The molecule has 0 spiro atoms. The smallest absolute Gasteiger partial charge is 0.343 e. The minimum absolute atomic E-state index is 0.152. The van der Waals surface area contributed by atoms with Crippen LogP contribution in [0, 0.1) is 0 Å². The number of nitrogens with zero attached hydrogens (tertiary/aromatic N) is 4. The van der Waals surface area contributed by atoms with Gasteiger partial charge in [0.1, 0.15) is 6.54 Å². The van der Waals surface area contributed by atoms with Gasteiger partial charge in [0.2, 0.25) is 0 Å². The lowest BCUT2D eigenvalue weighted by Crippen LogP contribution is -2.33. The highest BCUT2D eigenvalue weighted by Crippen LogP contribution is 2.01. The predicted molar refractivity (Wildman–Crippen MR) is 41.5 cm³/mol. The number of aromatic nitrogens is 4. The lowest BCUT2D eigenvalue weighted by atomic mass is 10.6. The molecule has 0 unspecified atom stereocenters. The summed E-state index contributed by atoms with van der Waals surface area (Å²) in [6, 6.07) is -0.152. The number of nitrogens with two attached hydrogens (primary N) is 1. The third-order valence-electron chi connectivity index (χ3n) is 1.19. The van der Waals surface area contributed by atoms with E-state index < -0.39 is 11.9 Å². The fourth-order valence-electron chi connectivity index (χ4n) is 0.679. The van der Waals surface area contributed by atoms with Crippen molar-refractivity contribution in [2.75, 3.05) is 0 Å². The van der Waals surface area contributed by atoms with E-state index in [2.05, 4.69) is 20.3 Å². The van der Waals surface area contributed by atoms with Gasteiger partial charge in [0.25, 0.3) is 5.91 Å². The van der Waals surface area contributed by atoms with Gasteiger partial charge in [-0.3, -0.25) is 15.0 Å². The summed E-state index contributed by atoms with van der Waals surface area (Å²) >= 11 is 0. The molecule has 1 heterocycles. The van der Waals surface area contributed by atoms with Gasteiger partial charge in [-0.15, -0.1) is 0 Å². The second-order valence-electron chi connectivity index (χ2n) is 2.28. The summed E-state index contributed by atoms with van der Waals surface area (Å²) in [5.41, 5.74) is 1.89. The summed E-state index contributed by atoms with van der Waals surface area (Å²) in [7, 11) is 0.